The Balaban J connectivity index is 1.69. The minimum absolute atomic E-state index is 0.734. The average Bonchev–Trinajstić information content (AvgIpc) is 2.80. The fourth-order valence-electron chi connectivity index (χ4n) is 3.25. The average molecular weight is 381 g/mol. The van der Waals surface area contributed by atoms with Crippen LogP contribution in [-0.4, -0.2) is 24.1 Å². The van der Waals surface area contributed by atoms with Crippen molar-refractivity contribution < 1.29 is 4.74 Å². The van der Waals surface area contributed by atoms with Crippen LogP contribution in [0.5, 0.6) is 5.75 Å². The van der Waals surface area contributed by atoms with E-state index in [1.54, 1.807) is 7.11 Å². The highest BCUT2D eigenvalue weighted by atomic mass is 16.5. The maximum Gasteiger partial charge on any atom is 0.147 e. The molecule has 4 aromatic rings. The molecule has 0 aliphatic heterocycles. The summed E-state index contributed by atoms with van der Waals surface area (Å²) >= 11 is 0. The number of methoxy groups -OCH3 is 1. The molecule has 0 aliphatic rings. The second-order valence-corrected chi connectivity index (χ2v) is 6.86. The van der Waals surface area contributed by atoms with E-state index in [9.17, 15) is 0 Å². The fourth-order valence-corrected chi connectivity index (χ4v) is 3.25. The van der Waals surface area contributed by atoms with Crippen LogP contribution in [0.2, 0.25) is 0 Å². The van der Waals surface area contributed by atoms with Crippen molar-refractivity contribution in [2.45, 2.75) is 6.54 Å². The molecule has 0 aliphatic carbocycles. The summed E-state index contributed by atoms with van der Waals surface area (Å²) < 4.78 is 5.24. The van der Waals surface area contributed by atoms with Gasteiger partial charge in [-0.1, -0.05) is 72.8 Å². The smallest absolute Gasteiger partial charge is 0.147 e. The molecule has 0 bridgehead atoms. The van der Waals surface area contributed by atoms with Gasteiger partial charge in [0.1, 0.15) is 11.6 Å². The summed E-state index contributed by atoms with van der Waals surface area (Å²) in [4.78, 5) is 11.9. The highest BCUT2D eigenvalue weighted by Crippen LogP contribution is 2.30. The first-order valence-electron chi connectivity index (χ1n) is 9.56. The van der Waals surface area contributed by atoms with Crippen molar-refractivity contribution >= 4 is 5.82 Å². The van der Waals surface area contributed by atoms with E-state index in [2.05, 4.69) is 41.3 Å². The number of aromatic nitrogens is 2. The molecule has 4 rings (SSSR count). The van der Waals surface area contributed by atoms with Crippen molar-refractivity contribution in [1.29, 1.82) is 0 Å². The van der Waals surface area contributed by atoms with E-state index < -0.39 is 0 Å². The van der Waals surface area contributed by atoms with Crippen LogP contribution in [-0.2, 0) is 6.54 Å². The molecule has 0 spiro atoms. The molecule has 1 aromatic heterocycles. The van der Waals surface area contributed by atoms with Crippen LogP contribution >= 0.6 is 0 Å². The van der Waals surface area contributed by atoms with Crippen LogP contribution in [0.3, 0.4) is 0 Å². The van der Waals surface area contributed by atoms with Crippen LogP contribution in [0, 0.1) is 0 Å². The molecule has 0 unspecified atom stereocenters. The number of benzene rings is 3. The Bertz CT molecular complexity index is 1060. The number of anilines is 1. The van der Waals surface area contributed by atoms with Crippen molar-refractivity contribution in [2.24, 2.45) is 0 Å². The van der Waals surface area contributed by atoms with Gasteiger partial charge in [-0.2, -0.15) is 0 Å². The molecule has 4 nitrogen and oxygen atoms in total. The molecule has 4 heteroatoms. The van der Waals surface area contributed by atoms with Crippen molar-refractivity contribution in [3.8, 4) is 28.3 Å². The van der Waals surface area contributed by atoms with E-state index in [1.165, 1.54) is 5.56 Å². The summed E-state index contributed by atoms with van der Waals surface area (Å²) in [5.74, 6) is 1.69. The third-order valence-corrected chi connectivity index (χ3v) is 4.82. The molecule has 1 heterocycles. The minimum Gasteiger partial charge on any atom is -0.497 e. The van der Waals surface area contributed by atoms with E-state index in [1.807, 2.05) is 61.8 Å². The first-order chi connectivity index (χ1) is 14.2. The Hall–Kier alpha value is -3.66. The maximum absolute atomic E-state index is 5.24. The lowest BCUT2D eigenvalue weighted by molar-refractivity contribution is 0.414. The van der Waals surface area contributed by atoms with Crippen LogP contribution in [0.1, 0.15) is 5.56 Å². The number of rotatable bonds is 6. The van der Waals surface area contributed by atoms with Gasteiger partial charge in [0.2, 0.25) is 0 Å². The topological polar surface area (TPSA) is 38.2 Å². The third-order valence-electron chi connectivity index (χ3n) is 4.82. The summed E-state index contributed by atoms with van der Waals surface area (Å²) in [6.45, 7) is 0.734. The van der Waals surface area contributed by atoms with Crippen LogP contribution in [0.25, 0.3) is 22.5 Å². The van der Waals surface area contributed by atoms with Gasteiger partial charge in [-0.05, 0) is 17.7 Å². The lowest BCUT2D eigenvalue weighted by Gasteiger charge is -2.20. The second kappa shape index (κ2) is 8.57. The first-order valence-corrected chi connectivity index (χ1v) is 9.56. The summed E-state index contributed by atoms with van der Waals surface area (Å²) in [5.41, 5.74) is 5.07. The molecule has 0 saturated heterocycles. The van der Waals surface area contributed by atoms with Gasteiger partial charge in [-0.3, -0.25) is 4.98 Å². The molecule has 3 aromatic carbocycles. The molecule has 0 fully saturated rings. The van der Waals surface area contributed by atoms with Gasteiger partial charge in [0, 0.05) is 24.7 Å². The zero-order valence-electron chi connectivity index (χ0n) is 16.6. The SMILES string of the molecule is COc1ccc(CN(C)c2cnc(-c3ccccc3)c(-c3ccccc3)n2)cc1. The van der Waals surface area contributed by atoms with Crippen molar-refractivity contribution in [3.63, 3.8) is 0 Å². The summed E-state index contributed by atoms with van der Waals surface area (Å²) in [7, 11) is 3.71. The van der Waals surface area contributed by atoms with Crippen molar-refractivity contribution in [1.82, 2.24) is 9.97 Å². The lowest BCUT2D eigenvalue weighted by atomic mass is 10.0. The lowest BCUT2D eigenvalue weighted by Crippen LogP contribution is -2.18. The number of nitrogens with zero attached hydrogens (tertiary/aromatic N) is 3. The van der Waals surface area contributed by atoms with E-state index in [0.29, 0.717) is 0 Å². The van der Waals surface area contributed by atoms with Crippen molar-refractivity contribution in [2.75, 3.05) is 19.1 Å². The normalized spacial score (nSPS) is 10.6. The molecular weight excluding hydrogens is 358 g/mol. The number of ether oxygens (including phenoxy) is 1. The monoisotopic (exact) mass is 381 g/mol. The Labute approximate surface area is 171 Å². The van der Waals surface area contributed by atoms with Gasteiger partial charge < -0.3 is 9.64 Å². The predicted molar refractivity (Wildman–Crippen MR) is 118 cm³/mol. The molecule has 0 amide bonds. The van der Waals surface area contributed by atoms with Crippen LogP contribution in [0.4, 0.5) is 5.82 Å². The van der Waals surface area contributed by atoms with E-state index >= 15 is 0 Å². The highest BCUT2D eigenvalue weighted by molar-refractivity contribution is 5.78. The summed E-state index contributed by atoms with van der Waals surface area (Å²) in [6, 6.07) is 28.5. The highest BCUT2D eigenvalue weighted by Gasteiger charge is 2.14. The van der Waals surface area contributed by atoms with E-state index in [-0.39, 0.29) is 0 Å². The van der Waals surface area contributed by atoms with Gasteiger partial charge >= 0.3 is 0 Å². The predicted octanol–water partition coefficient (Wildman–Crippen LogP) is 5.46. The molecular formula is C25H23N3O. The van der Waals surface area contributed by atoms with Gasteiger partial charge in [-0.15, -0.1) is 0 Å². The van der Waals surface area contributed by atoms with Gasteiger partial charge in [0.05, 0.1) is 24.7 Å². The van der Waals surface area contributed by atoms with E-state index in [0.717, 1.165) is 40.6 Å². The number of hydrogen-bond acceptors (Lipinski definition) is 4. The third kappa shape index (κ3) is 4.27. The van der Waals surface area contributed by atoms with Gasteiger partial charge in [0.25, 0.3) is 0 Å². The Morgan fingerprint density at radius 1 is 0.759 bits per heavy atom. The minimum atomic E-state index is 0.734. The van der Waals surface area contributed by atoms with Gasteiger partial charge in [0.15, 0.2) is 0 Å². The van der Waals surface area contributed by atoms with E-state index in [4.69, 9.17) is 14.7 Å². The number of hydrogen-bond donors (Lipinski definition) is 0. The molecule has 0 radical (unpaired) electrons. The zero-order chi connectivity index (χ0) is 20.1. The van der Waals surface area contributed by atoms with Crippen LogP contribution in [0.15, 0.2) is 91.1 Å². The molecule has 29 heavy (non-hydrogen) atoms. The Morgan fingerprint density at radius 2 is 1.34 bits per heavy atom. The summed E-state index contributed by atoms with van der Waals surface area (Å²) in [5, 5.41) is 0. The molecule has 144 valence electrons. The van der Waals surface area contributed by atoms with Crippen LogP contribution < -0.4 is 9.64 Å². The first kappa shape index (κ1) is 18.7. The second-order valence-electron chi connectivity index (χ2n) is 6.86. The summed E-state index contributed by atoms with van der Waals surface area (Å²) in [6.07, 6.45) is 1.85. The Kier molecular flexibility index (Phi) is 5.52. The standard InChI is InChI=1S/C25H23N3O/c1-28(18-19-13-15-22(29-2)16-14-19)23-17-26-24(20-9-5-3-6-10-20)25(27-23)21-11-7-4-8-12-21/h3-17H,18H2,1-2H3. The molecule has 0 N–H and O–H groups in total. The molecule has 0 atom stereocenters. The quantitative estimate of drug-likeness (QED) is 0.445. The maximum atomic E-state index is 5.24. The largest absolute Gasteiger partial charge is 0.497 e. The zero-order valence-corrected chi connectivity index (χ0v) is 16.6. The van der Waals surface area contributed by atoms with Crippen molar-refractivity contribution in [3.05, 3.63) is 96.7 Å². The Morgan fingerprint density at radius 3 is 1.93 bits per heavy atom. The van der Waals surface area contributed by atoms with Gasteiger partial charge in [-0.25, -0.2) is 4.98 Å². The molecule has 0 saturated carbocycles. The fraction of sp³-hybridized carbons (Fsp3) is 0.120.